The molecule has 0 unspecified atom stereocenters. The predicted octanol–water partition coefficient (Wildman–Crippen LogP) is 6.71. The molecule has 0 aliphatic heterocycles. The second kappa shape index (κ2) is 17.3. The molecule has 0 spiro atoms. The SMILES string of the molecule is CN(C1CCCCC1)C1CCCCC1.CN(C1CCCCC1)C1CCCCC1.O=C(O)CC(=O)O. The zero-order valence-corrected chi connectivity index (χ0v) is 22.8. The molecular weight excluding hydrogens is 440 g/mol. The van der Waals surface area contributed by atoms with Gasteiger partial charge >= 0.3 is 11.9 Å². The van der Waals surface area contributed by atoms with Gasteiger partial charge in [-0.25, -0.2) is 0 Å². The van der Waals surface area contributed by atoms with E-state index in [9.17, 15) is 9.59 Å². The number of carboxylic acids is 2. The Labute approximate surface area is 214 Å². The maximum Gasteiger partial charge on any atom is 0.314 e. The van der Waals surface area contributed by atoms with Crippen LogP contribution in [0.2, 0.25) is 0 Å². The molecular formula is C29H54N2O4. The van der Waals surface area contributed by atoms with E-state index in [1.807, 2.05) is 0 Å². The Bertz CT molecular complexity index is 489. The van der Waals surface area contributed by atoms with Crippen molar-refractivity contribution < 1.29 is 19.8 Å². The second-order valence-electron chi connectivity index (χ2n) is 11.5. The summed E-state index contributed by atoms with van der Waals surface area (Å²) in [5.41, 5.74) is 0. The minimum absolute atomic E-state index is 0.806. The van der Waals surface area contributed by atoms with Crippen molar-refractivity contribution in [3.8, 4) is 0 Å². The van der Waals surface area contributed by atoms with Crippen LogP contribution in [0.4, 0.5) is 0 Å². The van der Waals surface area contributed by atoms with Crippen molar-refractivity contribution >= 4 is 11.9 Å². The Balaban J connectivity index is 0.000000197. The van der Waals surface area contributed by atoms with Gasteiger partial charge in [-0.1, -0.05) is 77.0 Å². The molecule has 0 aromatic heterocycles. The van der Waals surface area contributed by atoms with Gasteiger partial charge in [0, 0.05) is 24.2 Å². The van der Waals surface area contributed by atoms with E-state index >= 15 is 0 Å². The summed E-state index contributed by atoms with van der Waals surface area (Å²) in [6.45, 7) is 0. The number of nitrogens with zero attached hydrogens (tertiary/aromatic N) is 2. The molecule has 35 heavy (non-hydrogen) atoms. The van der Waals surface area contributed by atoms with E-state index in [4.69, 9.17) is 10.2 Å². The van der Waals surface area contributed by atoms with Crippen LogP contribution in [0.25, 0.3) is 0 Å². The summed E-state index contributed by atoms with van der Waals surface area (Å²) in [4.78, 5) is 24.3. The summed E-state index contributed by atoms with van der Waals surface area (Å²) in [5.74, 6) is -2.62. The minimum atomic E-state index is -1.31. The van der Waals surface area contributed by atoms with E-state index in [-0.39, 0.29) is 0 Å². The van der Waals surface area contributed by atoms with Crippen molar-refractivity contribution in [2.45, 2.75) is 159 Å². The highest BCUT2D eigenvalue weighted by Gasteiger charge is 2.26. The molecule has 0 saturated heterocycles. The van der Waals surface area contributed by atoms with Crippen molar-refractivity contribution in [3.05, 3.63) is 0 Å². The predicted molar refractivity (Wildman–Crippen MR) is 143 cm³/mol. The second-order valence-corrected chi connectivity index (χ2v) is 11.5. The van der Waals surface area contributed by atoms with Crippen LogP contribution in [0.15, 0.2) is 0 Å². The van der Waals surface area contributed by atoms with Gasteiger partial charge in [0.25, 0.3) is 0 Å². The van der Waals surface area contributed by atoms with E-state index in [1.54, 1.807) is 0 Å². The maximum atomic E-state index is 9.43. The third-order valence-corrected chi connectivity index (χ3v) is 8.91. The molecule has 4 fully saturated rings. The topological polar surface area (TPSA) is 81.1 Å². The van der Waals surface area contributed by atoms with Crippen molar-refractivity contribution in [2.75, 3.05) is 14.1 Å². The standard InChI is InChI=1S/2C13H25N.C3H4O4/c2*1-14(12-8-4-2-5-9-12)13-10-6-3-7-11-13;4-2(5)1-3(6)7/h2*12-13H,2-11H2,1H3;1H2,(H,4,5)(H,6,7). The molecule has 0 heterocycles. The first-order valence-corrected chi connectivity index (χ1v) is 14.8. The highest BCUT2D eigenvalue weighted by molar-refractivity contribution is 5.88. The molecule has 0 amide bonds. The summed E-state index contributed by atoms with van der Waals surface area (Å²) in [5, 5.41) is 15.4. The van der Waals surface area contributed by atoms with Crippen molar-refractivity contribution in [2.24, 2.45) is 0 Å². The van der Waals surface area contributed by atoms with Crippen LogP contribution in [-0.2, 0) is 9.59 Å². The third kappa shape index (κ3) is 12.1. The molecule has 0 bridgehead atoms. The molecule has 0 atom stereocenters. The maximum absolute atomic E-state index is 9.43. The van der Waals surface area contributed by atoms with Gasteiger partial charge in [0.15, 0.2) is 0 Å². The molecule has 6 heteroatoms. The first-order valence-electron chi connectivity index (χ1n) is 14.8. The molecule has 0 aromatic rings. The molecule has 4 saturated carbocycles. The van der Waals surface area contributed by atoms with E-state index in [0.717, 1.165) is 24.2 Å². The molecule has 4 aliphatic carbocycles. The largest absolute Gasteiger partial charge is 0.481 e. The fourth-order valence-corrected chi connectivity index (χ4v) is 6.68. The van der Waals surface area contributed by atoms with Gasteiger partial charge in [0.1, 0.15) is 6.42 Å². The van der Waals surface area contributed by atoms with Crippen LogP contribution >= 0.6 is 0 Å². The smallest absolute Gasteiger partial charge is 0.314 e. The molecule has 204 valence electrons. The average Bonchev–Trinajstić information content (AvgIpc) is 2.90. The number of carboxylic acid groups (broad SMARTS) is 2. The van der Waals surface area contributed by atoms with Crippen LogP contribution in [-0.4, -0.2) is 70.2 Å². The highest BCUT2D eigenvalue weighted by atomic mass is 16.4. The fourth-order valence-electron chi connectivity index (χ4n) is 6.68. The summed E-state index contributed by atoms with van der Waals surface area (Å²) in [6.07, 6.45) is 28.6. The molecule has 2 N–H and O–H groups in total. The van der Waals surface area contributed by atoms with Gasteiger partial charge in [-0.3, -0.25) is 9.59 Å². The average molecular weight is 495 g/mol. The normalized spacial score (nSPS) is 23.2. The van der Waals surface area contributed by atoms with Crippen molar-refractivity contribution in [1.29, 1.82) is 0 Å². The van der Waals surface area contributed by atoms with E-state index in [1.165, 1.54) is 128 Å². The van der Waals surface area contributed by atoms with Crippen molar-refractivity contribution in [1.82, 2.24) is 9.80 Å². The Morgan fingerprint density at radius 3 is 0.829 bits per heavy atom. The van der Waals surface area contributed by atoms with Gasteiger partial charge in [0.2, 0.25) is 0 Å². The molecule has 0 aromatic carbocycles. The zero-order chi connectivity index (χ0) is 25.5. The first kappa shape index (κ1) is 30.1. The van der Waals surface area contributed by atoms with Gasteiger partial charge in [0.05, 0.1) is 0 Å². The number of carbonyl (C=O) groups is 2. The molecule has 6 nitrogen and oxygen atoms in total. The summed E-state index contributed by atoms with van der Waals surface area (Å²) < 4.78 is 0. The molecule has 4 aliphatic rings. The summed E-state index contributed by atoms with van der Waals surface area (Å²) >= 11 is 0. The first-order chi connectivity index (χ1) is 16.9. The molecule has 0 radical (unpaired) electrons. The van der Waals surface area contributed by atoms with E-state index in [2.05, 4.69) is 23.9 Å². The number of hydrogen-bond acceptors (Lipinski definition) is 4. The third-order valence-electron chi connectivity index (χ3n) is 8.91. The Morgan fingerprint density at radius 2 is 0.686 bits per heavy atom. The summed E-state index contributed by atoms with van der Waals surface area (Å²) in [7, 11) is 4.76. The highest BCUT2D eigenvalue weighted by Crippen LogP contribution is 2.29. The number of aliphatic carboxylic acids is 2. The summed E-state index contributed by atoms with van der Waals surface area (Å²) in [6, 6.07) is 3.69. The Hall–Kier alpha value is -1.14. The Kier molecular flexibility index (Phi) is 14.9. The quantitative estimate of drug-likeness (QED) is 0.399. The van der Waals surface area contributed by atoms with Crippen LogP contribution < -0.4 is 0 Å². The fraction of sp³-hybridized carbons (Fsp3) is 0.931. The lowest BCUT2D eigenvalue weighted by molar-refractivity contribution is -0.147. The van der Waals surface area contributed by atoms with E-state index in [0.29, 0.717) is 0 Å². The van der Waals surface area contributed by atoms with Crippen LogP contribution in [0, 0.1) is 0 Å². The number of rotatable bonds is 6. The lowest BCUT2D eigenvalue weighted by Gasteiger charge is -2.39. The van der Waals surface area contributed by atoms with Gasteiger partial charge in [-0.05, 0) is 65.5 Å². The lowest BCUT2D eigenvalue weighted by Crippen LogP contribution is -2.42. The van der Waals surface area contributed by atoms with Crippen LogP contribution in [0.1, 0.15) is 135 Å². The van der Waals surface area contributed by atoms with Gasteiger partial charge < -0.3 is 20.0 Å². The lowest BCUT2D eigenvalue weighted by atomic mass is 9.89. The zero-order valence-electron chi connectivity index (χ0n) is 22.8. The molecule has 4 rings (SSSR count). The Morgan fingerprint density at radius 1 is 0.486 bits per heavy atom. The van der Waals surface area contributed by atoms with Gasteiger partial charge in [-0.2, -0.15) is 0 Å². The van der Waals surface area contributed by atoms with Crippen LogP contribution in [0.3, 0.4) is 0 Å². The number of hydrogen-bond donors (Lipinski definition) is 2. The monoisotopic (exact) mass is 494 g/mol. The van der Waals surface area contributed by atoms with Crippen molar-refractivity contribution in [3.63, 3.8) is 0 Å². The van der Waals surface area contributed by atoms with Crippen LogP contribution in [0.5, 0.6) is 0 Å². The minimum Gasteiger partial charge on any atom is -0.481 e. The van der Waals surface area contributed by atoms with E-state index < -0.39 is 18.4 Å². The van der Waals surface area contributed by atoms with Gasteiger partial charge in [-0.15, -0.1) is 0 Å².